The third-order valence-electron chi connectivity index (χ3n) is 4.78. The Hall–Kier alpha value is -3.14. The first-order chi connectivity index (χ1) is 12.6. The molecule has 0 spiro atoms. The molecule has 132 valence electrons. The number of rotatable bonds is 5. The highest BCUT2D eigenvalue weighted by molar-refractivity contribution is 5.75. The molecule has 0 bridgehead atoms. The zero-order valence-electron chi connectivity index (χ0n) is 13.9. The van der Waals surface area contributed by atoms with Gasteiger partial charge in [0, 0.05) is 5.92 Å². The number of benzene rings is 2. The molecule has 5 nitrogen and oxygen atoms in total. The third-order valence-corrected chi connectivity index (χ3v) is 4.78. The number of nitriles is 1. The molecule has 1 saturated carbocycles. The van der Waals surface area contributed by atoms with E-state index >= 15 is 0 Å². The Bertz CT molecular complexity index is 978. The van der Waals surface area contributed by atoms with Crippen molar-refractivity contribution in [3.8, 4) is 17.6 Å². The maximum atomic E-state index is 12.6. The van der Waals surface area contributed by atoms with Crippen molar-refractivity contribution in [2.45, 2.75) is 24.4 Å². The van der Waals surface area contributed by atoms with Gasteiger partial charge in [0.1, 0.15) is 11.2 Å². The number of nitrogens with one attached hydrogen (secondary N) is 1. The predicted molar refractivity (Wildman–Crippen MR) is 90.4 cm³/mol. The number of alkyl halides is 2. The minimum atomic E-state index is -2.95. The van der Waals surface area contributed by atoms with Crippen molar-refractivity contribution >= 4 is 11.0 Å². The molecule has 0 amide bonds. The molecule has 0 aliphatic heterocycles. The van der Waals surface area contributed by atoms with E-state index in [1.54, 1.807) is 12.1 Å². The topological polar surface area (TPSA) is 70.9 Å². The van der Waals surface area contributed by atoms with Gasteiger partial charge in [-0.05, 0) is 36.2 Å². The molecular formula is C19H15F2N3O2. The van der Waals surface area contributed by atoms with E-state index in [2.05, 4.69) is 20.8 Å². The lowest BCUT2D eigenvalue weighted by Gasteiger charge is -2.12. The molecule has 1 heterocycles. The fraction of sp³-hybridized carbons (Fsp3) is 0.263. The summed E-state index contributed by atoms with van der Waals surface area (Å²) in [5.74, 6) is 0.627. The standard InChI is InChI=1S/C19H15F2N3O2/c1-25-15-7-6-11(8-16(15)26-18(20)21)12-9-19(12,10-22)17-23-13-4-2-3-5-14(13)24-17/h2-8,12,18H,9H2,1H3,(H,23,24)/t12-,19+/m1/s1. The maximum absolute atomic E-state index is 12.6. The van der Waals surface area contributed by atoms with E-state index in [1.165, 1.54) is 13.2 Å². The van der Waals surface area contributed by atoms with Crippen LogP contribution in [0.3, 0.4) is 0 Å². The zero-order valence-corrected chi connectivity index (χ0v) is 13.9. The van der Waals surface area contributed by atoms with Crippen LogP contribution < -0.4 is 9.47 Å². The smallest absolute Gasteiger partial charge is 0.387 e. The van der Waals surface area contributed by atoms with Crippen molar-refractivity contribution in [1.29, 1.82) is 5.26 Å². The van der Waals surface area contributed by atoms with Crippen molar-refractivity contribution in [3.05, 3.63) is 53.9 Å². The van der Waals surface area contributed by atoms with Crippen LogP contribution in [0.15, 0.2) is 42.5 Å². The average Bonchev–Trinajstić information content (AvgIpc) is 3.23. The number of halogens is 2. The molecule has 0 saturated heterocycles. The van der Waals surface area contributed by atoms with Crippen LogP contribution in [0.5, 0.6) is 11.5 Å². The first kappa shape index (κ1) is 16.3. The van der Waals surface area contributed by atoms with Crippen LogP contribution in [-0.2, 0) is 5.41 Å². The Labute approximate surface area is 148 Å². The largest absolute Gasteiger partial charge is 0.493 e. The average molecular weight is 355 g/mol. The van der Waals surface area contributed by atoms with Crippen LogP contribution in [-0.4, -0.2) is 23.7 Å². The number of methoxy groups -OCH3 is 1. The monoisotopic (exact) mass is 355 g/mol. The highest BCUT2D eigenvalue weighted by Crippen LogP contribution is 2.60. The molecule has 1 aliphatic carbocycles. The summed E-state index contributed by atoms with van der Waals surface area (Å²) in [6.45, 7) is -2.95. The maximum Gasteiger partial charge on any atom is 0.387 e. The SMILES string of the molecule is COc1ccc([C@H]2C[C@@]2(C#N)c2nc3ccccc3[nH]2)cc1OC(F)F. The van der Waals surface area contributed by atoms with E-state index < -0.39 is 12.0 Å². The molecule has 0 radical (unpaired) electrons. The molecule has 7 heteroatoms. The number of aromatic nitrogens is 2. The molecule has 1 fully saturated rings. The Balaban J connectivity index is 1.70. The van der Waals surface area contributed by atoms with Crippen LogP contribution in [0.25, 0.3) is 11.0 Å². The minimum absolute atomic E-state index is 0.0386. The van der Waals surface area contributed by atoms with Gasteiger partial charge >= 0.3 is 6.61 Å². The molecule has 4 rings (SSSR count). The van der Waals surface area contributed by atoms with Crippen molar-refractivity contribution < 1.29 is 18.3 Å². The van der Waals surface area contributed by atoms with Crippen LogP contribution in [0.4, 0.5) is 8.78 Å². The third kappa shape index (κ3) is 2.54. The normalized spacial score (nSPS) is 21.6. The van der Waals surface area contributed by atoms with E-state index in [1.807, 2.05) is 24.3 Å². The highest BCUT2D eigenvalue weighted by atomic mass is 19.3. The van der Waals surface area contributed by atoms with Gasteiger partial charge in [-0.25, -0.2) is 4.98 Å². The summed E-state index contributed by atoms with van der Waals surface area (Å²) in [4.78, 5) is 7.75. The molecular weight excluding hydrogens is 340 g/mol. The fourth-order valence-electron chi connectivity index (χ4n) is 3.37. The van der Waals surface area contributed by atoms with E-state index in [0.717, 1.165) is 16.6 Å². The van der Waals surface area contributed by atoms with Crippen LogP contribution >= 0.6 is 0 Å². The van der Waals surface area contributed by atoms with E-state index in [9.17, 15) is 14.0 Å². The Kier molecular flexibility index (Phi) is 3.76. The van der Waals surface area contributed by atoms with Gasteiger partial charge in [-0.3, -0.25) is 0 Å². The van der Waals surface area contributed by atoms with E-state index in [0.29, 0.717) is 12.2 Å². The second-order valence-corrected chi connectivity index (χ2v) is 6.23. The number of nitrogens with zero attached hydrogens (tertiary/aromatic N) is 2. The molecule has 1 aliphatic rings. The van der Waals surface area contributed by atoms with Crippen molar-refractivity contribution in [2.75, 3.05) is 7.11 Å². The molecule has 3 aromatic rings. The van der Waals surface area contributed by atoms with E-state index in [4.69, 9.17) is 4.74 Å². The molecule has 2 aromatic carbocycles. The lowest BCUT2D eigenvalue weighted by molar-refractivity contribution is -0.0512. The Morgan fingerprint density at radius 2 is 2.08 bits per heavy atom. The first-order valence-electron chi connectivity index (χ1n) is 8.06. The highest BCUT2D eigenvalue weighted by Gasteiger charge is 2.59. The Morgan fingerprint density at radius 3 is 2.77 bits per heavy atom. The number of para-hydroxylation sites is 2. The van der Waals surface area contributed by atoms with Gasteiger partial charge in [0.05, 0.1) is 24.2 Å². The second kappa shape index (κ2) is 5.99. The molecule has 0 unspecified atom stereocenters. The van der Waals surface area contributed by atoms with Gasteiger partial charge in [-0.15, -0.1) is 0 Å². The van der Waals surface area contributed by atoms with Gasteiger partial charge in [0.25, 0.3) is 0 Å². The van der Waals surface area contributed by atoms with Crippen molar-refractivity contribution in [3.63, 3.8) is 0 Å². The van der Waals surface area contributed by atoms with E-state index in [-0.39, 0.29) is 17.4 Å². The summed E-state index contributed by atoms with van der Waals surface area (Å²) in [5.41, 5.74) is 1.59. The lowest BCUT2D eigenvalue weighted by Crippen LogP contribution is -2.09. The summed E-state index contributed by atoms with van der Waals surface area (Å²) in [7, 11) is 1.39. The summed E-state index contributed by atoms with van der Waals surface area (Å²) in [5, 5.41) is 9.80. The number of aromatic amines is 1. The van der Waals surface area contributed by atoms with Gasteiger partial charge in [-0.2, -0.15) is 14.0 Å². The fourth-order valence-corrected chi connectivity index (χ4v) is 3.37. The summed E-state index contributed by atoms with van der Waals surface area (Å²) in [6, 6.07) is 14.8. The Morgan fingerprint density at radius 1 is 1.27 bits per heavy atom. The van der Waals surface area contributed by atoms with Gasteiger partial charge in [0.2, 0.25) is 0 Å². The molecule has 1 aromatic heterocycles. The van der Waals surface area contributed by atoms with Gasteiger partial charge in [-0.1, -0.05) is 18.2 Å². The van der Waals surface area contributed by atoms with Crippen LogP contribution in [0, 0.1) is 11.3 Å². The quantitative estimate of drug-likeness (QED) is 0.747. The number of imidazole rings is 1. The summed E-state index contributed by atoms with van der Waals surface area (Å²) >= 11 is 0. The molecule has 2 atom stereocenters. The minimum Gasteiger partial charge on any atom is -0.493 e. The zero-order chi connectivity index (χ0) is 18.3. The summed E-state index contributed by atoms with van der Waals surface area (Å²) in [6.07, 6.45) is 0.559. The van der Waals surface area contributed by atoms with Crippen LogP contribution in [0.1, 0.15) is 23.7 Å². The second-order valence-electron chi connectivity index (χ2n) is 6.23. The summed E-state index contributed by atoms with van der Waals surface area (Å²) < 4.78 is 34.9. The lowest BCUT2D eigenvalue weighted by atomic mass is 9.99. The number of hydrogen-bond acceptors (Lipinski definition) is 4. The van der Waals surface area contributed by atoms with Crippen molar-refractivity contribution in [1.82, 2.24) is 9.97 Å². The number of fused-ring (bicyclic) bond motifs is 1. The molecule has 1 N–H and O–H groups in total. The number of hydrogen-bond donors (Lipinski definition) is 1. The van der Waals surface area contributed by atoms with Crippen molar-refractivity contribution in [2.24, 2.45) is 0 Å². The van der Waals surface area contributed by atoms with Crippen LogP contribution in [0.2, 0.25) is 0 Å². The first-order valence-corrected chi connectivity index (χ1v) is 8.06. The van der Waals surface area contributed by atoms with Gasteiger partial charge in [0.15, 0.2) is 11.5 Å². The number of ether oxygens (including phenoxy) is 2. The van der Waals surface area contributed by atoms with Gasteiger partial charge < -0.3 is 14.5 Å². The number of H-pyrrole nitrogens is 1. The predicted octanol–water partition coefficient (Wildman–Crippen LogP) is 4.12. The molecule has 26 heavy (non-hydrogen) atoms.